The highest BCUT2D eigenvalue weighted by molar-refractivity contribution is 6.99. The van der Waals surface area contributed by atoms with Crippen LogP contribution >= 0.6 is 11.7 Å². The number of hydrogen-bond acceptors (Lipinski definition) is 4. The van der Waals surface area contributed by atoms with Gasteiger partial charge in [0.15, 0.2) is 0 Å². The quantitative estimate of drug-likeness (QED) is 0.740. The third-order valence-corrected chi connectivity index (χ3v) is 3.09. The van der Waals surface area contributed by atoms with Gasteiger partial charge < -0.3 is 0 Å². The zero-order chi connectivity index (χ0) is 9.10. The molecule has 1 aromatic rings. The molecule has 13 heavy (non-hydrogen) atoms. The number of nitrogens with zero attached hydrogens (tertiary/aromatic N) is 2. The van der Waals surface area contributed by atoms with Gasteiger partial charge >= 0.3 is 0 Å². The Hall–Kier alpha value is -0.770. The van der Waals surface area contributed by atoms with E-state index in [1.807, 2.05) is 0 Å². The third kappa shape index (κ3) is 2.12. The topological polar surface area (TPSA) is 42.9 Å². The summed E-state index contributed by atoms with van der Waals surface area (Å²) in [5.74, 6) is 0.659. The van der Waals surface area contributed by atoms with Crippen LogP contribution in [-0.4, -0.2) is 14.5 Å². The van der Waals surface area contributed by atoms with Crippen molar-refractivity contribution in [1.29, 1.82) is 0 Å². The predicted molar refractivity (Wildman–Crippen MR) is 50.6 cm³/mol. The van der Waals surface area contributed by atoms with Gasteiger partial charge in [0.05, 0.1) is 30.0 Å². The first-order valence-electron chi connectivity index (χ1n) is 4.65. The standard InChI is InChI=1S/C9H12N2OS/c12-9(7-3-1-2-4-7)5-8-6-10-13-11-8/h6-7H,1-5H2. The first-order valence-corrected chi connectivity index (χ1v) is 5.38. The lowest BCUT2D eigenvalue weighted by Gasteiger charge is -2.04. The fraction of sp³-hybridized carbons (Fsp3) is 0.667. The molecule has 3 nitrogen and oxygen atoms in total. The Morgan fingerprint density at radius 3 is 2.92 bits per heavy atom. The molecule has 0 N–H and O–H groups in total. The van der Waals surface area contributed by atoms with Gasteiger partial charge in [-0.25, -0.2) is 0 Å². The van der Waals surface area contributed by atoms with Crippen LogP contribution in [0.3, 0.4) is 0 Å². The van der Waals surface area contributed by atoms with E-state index in [0.717, 1.165) is 18.5 Å². The highest BCUT2D eigenvalue weighted by Gasteiger charge is 2.22. The minimum Gasteiger partial charge on any atom is -0.299 e. The number of ketones is 1. The summed E-state index contributed by atoms with van der Waals surface area (Å²) in [5.41, 5.74) is 0.835. The number of carbonyl (C=O) groups excluding carboxylic acids is 1. The lowest BCUT2D eigenvalue weighted by molar-refractivity contribution is -0.122. The molecule has 0 unspecified atom stereocenters. The van der Waals surface area contributed by atoms with Crippen LogP contribution in [0.5, 0.6) is 0 Å². The van der Waals surface area contributed by atoms with Crippen molar-refractivity contribution in [1.82, 2.24) is 8.75 Å². The fourth-order valence-electron chi connectivity index (χ4n) is 1.83. The van der Waals surface area contributed by atoms with E-state index in [1.165, 1.54) is 24.6 Å². The zero-order valence-electron chi connectivity index (χ0n) is 7.40. The molecule has 0 saturated heterocycles. The monoisotopic (exact) mass is 196 g/mol. The van der Waals surface area contributed by atoms with Gasteiger partial charge in [-0.05, 0) is 12.8 Å². The molecule has 0 radical (unpaired) electrons. The second-order valence-corrected chi connectivity index (χ2v) is 4.08. The Bertz CT molecular complexity index is 278. The molecule has 0 atom stereocenters. The summed E-state index contributed by atoms with van der Waals surface area (Å²) in [5, 5.41) is 0. The summed E-state index contributed by atoms with van der Waals surface area (Å²) in [6.45, 7) is 0. The summed E-state index contributed by atoms with van der Waals surface area (Å²) in [7, 11) is 0. The summed E-state index contributed by atoms with van der Waals surface area (Å²) in [6, 6.07) is 0. The second kappa shape index (κ2) is 3.96. The molecule has 0 aromatic carbocycles. The van der Waals surface area contributed by atoms with E-state index in [0.29, 0.717) is 18.1 Å². The van der Waals surface area contributed by atoms with Crippen molar-refractivity contribution in [2.24, 2.45) is 5.92 Å². The van der Waals surface area contributed by atoms with Crippen molar-refractivity contribution in [2.75, 3.05) is 0 Å². The van der Waals surface area contributed by atoms with Crippen LogP contribution in [0.1, 0.15) is 31.4 Å². The molecular weight excluding hydrogens is 184 g/mol. The summed E-state index contributed by atoms with van der Waals surface area (Å²) < 4.78 is 7.92. The van der Waals surface area contributed by atoms with E-state index in [9.17, 15) is 4.79 Å². The average molecular weight is 196 g/mol. The molecule has 0 spiro atoms. The lowest BCUT2D eigenvalue weighted by atomic mass is 9.99. The second-order valence-electron chi connectivity index (χ2n) is 3.52. The Labute approximate surface area is 81.5 Å². The van der Waals surface area contributed by atoms with Crippen molar-refractivity contribution in [2.45, 2.75) is 32.1 Å². The predicted octanol–water partition coefficient (Wildman–Crippen LogP) is 1.84. The van der Waals surface area contributed by atoms with Gasteiger partial charge in [-0.3, -0.25) is 4.79 Å². The Balaban J connectivity index is 1.91. The molecule has 1 heterocycles. The smallest absolute Gasteiger partial charge is 0.142 e. The van der Waals surface area contributed by atoms with Crippen LogP contribution in [0.4, 0.5) is 0 Å². The van der Waals surface area contributed by atoms with Crippen molar-refractivity contribution >= 4 is 17.5 Å². The molecule has 70 valence electrons. The summed E-state index contributed by atoms with van der Waals surface area (Å²) in [4.78, 5) is 11.6. The molecule has 0 aliphatic heterocycles. The number of carbonyl (C=O) groups is 1. The summed E-state index contributed by atoms with van der Waals surface area (Å²) in [6.07, 6.45) is 6.77. The number of hydrogen-bond donors (Lipinski definition) is 0. The summed E-state index contributed by atoms with van der Waals surface area (Å²) >= 11 is 1.17. The molecule has 1 aliphatic carbocycles. The van der Waals surface area contributed by atoms with E-state index < -0.39 is 0 Å². The van der Waals surface area contributed by atoms with E-state index >= 15 is 0 Å². The fourth-order valence-corrected chi connectivity index (χ4v) is 2.27. The SMILES string of the molecule is O=C(Cc1cnsn1)C1CCCC1. The highest BCUT2D eigenvalue weighted by atomic mass is 32.1. The van der Waals surface area contributed by atoms with Crippen LogP contribution in [0.2, 0.25) is 0 Å². The molecule has 1 saturated carbocycles. The van der Waals surface area contributed by atoms with Crippen molar-refractivity contribution in [3.63, 3.8) is 0 Å². The van der Waals surface area contributed by atoms with Crippen LogP contribution in [-0.2, 0) is 11.2 Å². The van der Waals surface area contributed by atoms with Crippen molar-refractivity contribution in [3.8, 4) is 0 Å². The van der Waals surface area contributed by atoms with E-state index in [2.05, 4.69) is 8.75 Å². The molecule has 4 heteroatoms. The maximum atomic E-state index is 11.6. The molecule has 2 rings (SSSR count). The lowest BCUT2D eigenvalue weighted by Crippen LogP contribution is -2.13. The normalized spacial score (nSPS) is 17.8. The zero-order valence-corrected chi connectivity index (χ0v) is 8.22. The number of aromatic nitrogens is 2. The molecule has 1 aromatic heterocycles. The maximum Gasteiger partial charge on any atom is 0.142 e. The van der Waals surface area contributed by atoms with Gasteiger partial charge in [-0.1, -0.05) is 12.8 Å². The molecule has 0 bridgehead atoms. The maximum absolute atomic E-state index is 11.6. The van der Waals surface area contributed by atoms with Crippen molar-refractivity contribution < 1.29 is 4.79 Å². The molecule has 0 amide bonds. The van der Waals surface area contributed by atoms with Gasteiger partial charge in [0.1, 0.15) is 5.78 Å². The molecule has 1 fully saturated rings. The highest BCUT2D eigenvalue weighted by Crippen LogP contribution is 2.26. The van der Waals surface area contributed by atoms with Gasteiger partial charge in [-0.15, -0.1) is 0 Å². The number of rotatable bonds is 3. The molecule has 1 aliphatic rings. The van der Waals surface area contributed by atoms with Gasteiger partial charge in [0, 0.05) is 5.92 Å². The minimum atomic E-state index is 0.307. The first-order chi connectivity index (χ1) is 6.36. The van der Waals surface area contributed by atoms with Crippen LogP contribution in [0.15, 0.2) is 6.20 Å². The third-order valence-electron chi connectivity index (χ3n) is 2.57. The Morgan fingerprint density at radius 2 is 2.31 bits per heavy atom. The minimum absolute atomic E-state index is 0.307. The van der Waals surface area contributed by atoms with E-state index in [4.69, 9.17) is 0 Å². The van der Waals surface area contributed by atoms with E-state index in [1.54, 1.807) is 6.20 Å². The Morgan fingerprint density at radius 1 is 1.54 bits per heavy atom. The van der Waals surface area contributed by atoms with Gasteiger partial charge in [-0.2, -0.15) is 8.75 Å². The Kier molecular flexibility index (Phi) is 2.68. The van der Waals surface area contributed by atoms with Gasteiger partial charge in [0.2, 0.25) is 0 Å². The average Bonchev–Trinajstić information content (AvgIpc) is 2.74. The first kappa shape index (κ1) is 8.81. The van der Waals surface area contributed by atoms with Crippen LogP contribution in [0.25, 0.3) is 0 Å². The molecular formula is C9H12N2OS. The van der Waals surface area contributed by atoms with E-state index in [-0.39, 0.29) is 0 Å². The largest absolute Gasteiger partial charge is 0.299 e. The van der Waals surface area contributed by atoms with Crippen LogP contribution < -0.4 is 0 Å². The van der Waals surface area contributed by atoms with Gasteiger partial charge in [0.25, 0.3) is 0 Å². The number of Topliss-reactive ketones (excluding diaryl/α,β-unsaturated/α-hetero) is 1. The van der Waals surface area contributed by atoms with Crippen molar-refractivity contribution in [3.05, 3.63) is 11.9 Å². The van der Waals surface area contributed by atoms with Crippen LogP contribution in [0, 0.1) is 5.92 Å².